The highest BCUT2D eigenvalue weighted by atomic mass is 16.5. The molecule has 0 radical (unpaired) electrons. The molecule has 1 N–H and O–H groups in total. The van der Waals surface area contributed by atoms with Crippen molar-refractivity contribution in [1.82, 2.24) is 10.2 Å². The number of methoxy groups -OCH3 is 1. The first-order valence-corrected chi connectivity index (χ1v) is 6.41. The molecule has 0 spiro atoms. The summed E-state index contributed by atoms with van der Waals surface area (Å²) in [6.45, 7) is 3.21. The largest absolute Gasteiger partial charge is 0.469 e. The molecule has 6 nitrogen and oxygen atoms in total. The van der Waals surface area contributed by atoms with Crippen LogP contribution >= 0.6 is 0 Å². The number of urea groups is 1. The minimum absolute atomic E-state index is 0.0220. The molecule has 1 rings (SSSR count). The van der Waals surface area contributed by atoms with E-state index in [1.54, 1.807) is 4.90 Å². The van der Waals surface area contributed by atoms with Gasteiger partial charge in [-0.2, -0.15) is 0 Å². The van der Waals surface area contributed by atoms with Crippen LogP contribution in [0.4, 0.5) is 4.79 Å². The number of carbonyl (C=O) groups is 2. The van der Waals surface area contributed by atoms with E-state index in [1.807, 2.05) is 0 Å². The third-order valence-corrected chi connectivity index (χ3v) is 2.86. The summed E-state index contributed by atoms with van der Waals surface area (Å²) in [6, 6.07) is -0.0220. The third kappa shape index (κ3) is 5.86. The van der Waals surface area contributed by atoms with Gasteiger partial charge in [-0.05, 0) is 12.8 Å². The highest BCUT2D eigenvalue weighted by Crippen LogP contribution is 2.01. The number of carbonyl (C=O) groups excluding carboxylic acids is 2. The lowest BCUT2D eigenvalue weighted by atomic mass is 10.2. The molecule has 1 fully saturated rings. The molecule has 0 unspecified atom stereocenters. The lowest BCUT2D eigenvalue weighted by molar-refractivity contribution is -0.140. The van der Waals surface area contributed by atoms with E-state index in [0.29, 0.717) is 39.3 Å². The van der Waals surface area contributed by atoms with Crippen molar-refractivity contribution in [2.24, 2.45) is 0 Å². The lowest BCUT2D eigenvalue weighted by Crippen LogP contribution is -2.46. The van der Waals surface area contributed by atoms with Gasteiger partial charge in [0.25, 0.3) is 0 Å². The lowest BCUT2D eigenvalue weighted by Gasteiger charge is -2.26. The molecule has 0 aromatic rings. The minimum Gasteiger partial charge on any atom is -0.469 e. The van der Waals surface area contributed by atoms with Gasteiger partial charge in [-0.1, -0.05) is 6.42 Å². The number of ether oxygens (including phenoxy) is 2. The molecule has 1 aliphatic heterocycles. The minimum atomic E-state index is -0.174. The molecule has 0 atom stereocenters. The first-order chi connectivity index (χ1) is 8.74. The molecule has 0 bridgehead atoms. The average Bonchev–Trinajstić information content (AvgIpc) is 2.43. The zero-order valence-corrected chi connectivity index (χ0v) is 10.9. The average molecular weight is 258 g/mol. The summed E-state index contributed by atoms with van der Waals surface area (Å²) in [6.07, 6.45) is 3.06. The number of nitrogens with one attached hydrogen (secondary N) is 1. The topological polar surface area (TPSA) is 67.9 Å². The molecule has 0 aliphatic carbocycles. The van der Waals surface area contributed by atoms with E-state index >= 15 is 0 Å². The van der Waals surface area contributed by atoms with Crippen LogP contribution < -0.4 is 5.32 Å². The van der Waals surface area contributed by atoms with Gasteiger partial charge in [0.15, 0.2) is 0 Å². The van der Waals surface area contributed by atoms with Crippen LogP contribution in [0.25, 0.3) is 0 Å². The molecule has 1 heterocycles. The monoisotopic (exact) mass is 258 g/mol. The fourth-order valence-corrected chi connectivity index (χ4v) is 1.75. The molecule has 104 valence electrons. The van der Waals surface area contributed by atoms with Crippen LogP contribution in [0.3, 0.4) is 0 Å². The van der Waals surface area contributed by atoms with E-state index in [0.717, 1.165) is 19.3 Å². The van der Waals surface area contributed by atoms with Crippen LogP contribution in [0.2, 0.25) is 0 Å². The van der Waals surface area contributed by atoms with Gasteiger partial charge in [0, 0.05) is 26.1 Å². The summed E-state index contributed by atoms with van der Waals surface area (Å²) >= 11 is 0. The summed E-state index contributed by atoms with van der Waals surface area (Å²) < 4.78 is 9.72. The third-order valence-electron chi connectivity index (χ3n) is 2.86. The molecule has 0 aromatic carbocycles. The highest BCUT2D eigenvalue weighted by Gasteiger charge is 2.15. The van der Waals surface area contributed by atoms with Gasteiger partial charge in [0.1, 0.15) is 0 Å². The van der Waals surface area contributed by atoms with Gasteiger partial charge in [0.05, 0.1) is 20.3 Å². The fraction of sp³-hybridized carbons (Fsp3) is 0.833. The second kappa shape index (κ2) is 8.74. The first kappa shape index (κ1) is 14.8. The van der Waals surface area contributed by atoms with Crippen molar-refractivity contribution < 1.29 is 19.1 Å². The van der Waals surface area contributed by atoms with Crippen molar-refractivity contribution in [2.45, 2.75) is 25.7 Å². The van der Waals surface area contributed by atoms with Crippen molar-refractivity contribution in [3.63, 3.8) is 0 Å². The Labute approximate surface area is 108 Å². The number of amides is 2. The van der Waals surface area contributed by atoms with Gasteiger partial charge in [-0.3, -0.25) is 4.79 Å². The van der Waals surface area contributed by atoms with E-state index < -0.39 is 0 Å². The maximum Gasteiger partial charge on any atom is 0.317 e. The van der Waals surface area contributed by atoms with Gasteiger partial charge >= 0.3 is 12.0 Å². The Bertz CT molecular complexity index is 265. The van der Waals surface area contributed by atoms with Crippen LogP contribution in [0.15, 0.2) is 0 Å². The molecule has 1 aliphatic rings. The number of hydrogen-bond donors (Lipinski definition) is 1. The van der Waals surface area contributed by atoms with Crippen LogP contribution in [0.1, 0.15) is 25.7 Å². The summed E-state index contributed by atoms with van der Waals surface area (Å²) in [7, 11) is 1.39. The predicted molar refractivity (Wildman–Crippen MR) is 66.3 cm³/mol. The standard InChI is InChI=1S/C12H22N2O4/c1-17-11(15)5-3-2-4-6-13-12(16)14-7-9-18-10-8-14/h2-10H2,1H3,(H,13,16). The van der Waals surface area contributed by atoms with E-state index in [1.165, 1.54) is 7.11 Å². The Morgan fingerprint density at radius 1 is 1.22 bits per heavy atom. The van der Waals surface area contributed by atoms with Crippen LogP contribution in [0, 0.1) is 0 Å². The van der Waals surface area contributed by atoms with Gasteiger partial charge in [-0.15, -0.1) is 0 Å². The zero-order valence-electron chi connectivity index (χ0n) is 10.9. The number of morpholine rings is 1. The van der Waals surface area contributed by atoms with Crippen molar-refractivity contribution in [3.05, 3.63) is 0 Å². The van der Waals surface area contributed by atoms with Gasteiger partial charge < -0.3 is 19.7 Å². The van der Waals surface area contributed by atoms with Crippen LogP contribution in [-0.2, 0) is 14.3 Å². The Balaban J connectivity index is 1.96. The van der Waals surface area contributed by atoms with Crippen molar-refractivity contribution in [1.29, 1.82) is 0 Å². The van der Waals surface area contributed by atoms with E-state index in [2.05, 4.69) is 10.1 Å². The first-order valence-electron chi connectivity index (χ1n) is 6.41. The number of rotatable bonds is 6. The molecular formula is C12H22N2O4. The van der Waals surface area contributed by atoms with Gasteiger partial charge in [-0.25, -0.2) is 4.79 Å². The Kier molecular flexibility index (Phi) is 7.17. The fourth-order valence-electron chi connectivity index (χ4n) is 1.75. The number of esters is 1. The maximum absolute atomic E-state index is 11.7. The second-order valence-corrected chi connectivity index (χ2v) is 4.22. The quantitative estimate of drug-likeness (QED) is 0.564. The molecule has 6 heteroatoms. The van der Waals surface area contributed by atoms with Crippen molar-refractivity contribution in [3.8, 4) is 0 Å². The summed E-state index contributed by atoms with van der Waals surface area (Å²) in [5.74, 6) is -0.174. The number of nitrogens with zero attached hydrogens (tertiary/aromatic N) is 1. The Hall–Kier alpha value is -1.30. The summed E-state index contributed by atoms with van der Waals surface area (Å²) in [4.78, 5) is 24.3. The second-order valence-electron chi connectivity index (χ2n) is 4.22. The van der Waals surface area contributed by atoms with Crippen molar-refractivity contribution >= 4 is 12.0 Å². The molecule has 1 saturated heterocycles. The predicted octanol–water partition coefficient (Wildman–Crippen LogP) is 0.762. The van der Waals surface area contributed by atoms with E-state index in [9.17, 15) is 9.59 Å². The normalized spacial score (nSPS) is 15.3. The molecule has 18 heavy (non-hydrogen) atoms. The summed E-state index contributed by atoms with van der Waals surface area (Å²) in [5.41, 5.74) is 0. The Morgan fingerprint density at radius 2 is 1.94 bits per heavy atom. The zero-order chi connectivity index (χ0) is 13.2. The number of hydrogen-bond acceptors (Lipinski definition) is 4. The van der Waals surface area contributed by atoms with E-state index in [4.69, 9.17) is 4.74 Å². The van der Waals surface area contributed by atoms with Crippen LogP contribution in [0.5, 0.6) is 0 Å². The van der Waals surface area contributed by atoms with Gasteiger partial charge in [0.2, 0.25) is 0 Å². The van der Waals surface area contributed by atoms with Crippen molar-refractivity contribution in [2.75, 3.05) is 40.0 Å². The van der Waals surface area contributed by atoms with Crippen LogP contribution in [-0.4, -0.2) is 56.9 Å². The molecule has 0 saturated carbocycles. The Morgan fingerprint density at radius 3 is 2.61 bits per heavy atom. The number of unbranched alkanes of at least 4 members (excludes halogenated alkanes) is 2. The summed E-state index contributed by atoms with van der Waals surface area (Å²) in [5, 5.41) is 2.87. The smallest absolute Gasteiger partial charge is 0.317 e. The van der Waals surface area contributed by atoms with E-state index in [-0.39, 0.29) is 12.0 Å². The molecule has 0 aromatic heterocycles. The SMILES string of the molecule is COC(=O)CCCCCNC(=O)N1CCOCC1. The highest BCUT2D eigenvalue weighted by molar-refractivity contribution is 5.74. The maximum atomic E-state index is 11.7. The molecular weight excluding hydrogens is 236 g/mol. The molecule has 2 amide bonds.